The summed E-state index contributed by atoms with van der Waals surface area (Å²) in [5.74, 6) is 1.63. The molecule has 3 heteroatoms. The number of nitrogens with two attached hydrogens (primary N) is 1. The third-order valence-electron chi connectivity index (χ3n) is 2.79. The van der Waals surface area contributed by atoms with Crippen LogP contribution in [0.2, 0.25) is 0 Å². The first kappa shape index (κ1) is 13.3. The van der Waals surface area contributed by atoms with Gasteiger partial charge in [0.25, 0.3) is 0 Å². The molecule has 0 saturated carbocycles. The van der Waals surface area contributed by atoms with E-state index in [1.54, 1.807) is 0 Å². The summed E-state index contributed by atoms with van der Waals surface area (Å²) in [6.07, 6.45) is 0. The van der Waals surface area contributed by atoms with Gasteiger partial charge in [-0.05, 0) is 35.4 Å². The van der Waals surface area contributed by atoms with E-state index in [1.165, 1.54) is 0 Å². The molecule has 2 N–H and O–H groups in total. The lowest BCUT2D eigenvalue weighted by Gasteiger charge is -2.18. The first-order chi connectivity index (χ1) is 9.33. The predicted octanol–water partition coefficient (Wildman–Crippen LogP) is 3.73. The number of hydrogen-bond donors (Lipinski definition) is 1. The van der Waals surface area contributed by atoms with E-state index >= 15 is 0 Å². The molecule has 0 aromatic heterocycles. The molecule has 1 aliphatic heterocycles. The summed E-state index contributed by atoms with van der Waals surface area (Å²) in [6.45, 7) is 5.23. The van der Waals surface area contributed by atoms with E-state index in [9.17, 15) is 0 Å². The summed E-state index contributed by atoms with van der Waals surface area (Å²) in [7, 11) is 0. The molecule has 1 heterocycles. The summed E-state index contributed by atoms with van der Waals surface area (Å²) in [6, 6.07) is 13.8. The molecule has 0 atom stereocenters. The van der Waals surface area contributed by atoms with Gasteiger partial charge < -0.3 is 15.2 Å². The van der Waals surface area contributed by atoms with Crippen molar-refractivity contribution in [2.24, 2.45) is 0 Å². The van der Waals surface area contributed by atoms with Crippen LogP contribution in [-0.4, -0.2) is 13.2 Å². The molecule has 0 aliphatic carbocycles. The van der Waals surface area contributed by atoms with Gasteiger partial charge in [-0.3, -0.25) is 0 Å². The van der Waals surface area contributed by atoms with Crippen LogP contribution in [0.15, 0.2) is 42.5 Å². The Hall–Kier alpha value is -2.16. The standard InChI is InChI=1S/C14H13NO2.C2H6/c15-12-4-1-10(2-5-12)11-3-6-13-14(9-11)17-8-7-16-13;1-2/h1-6,9H,7-8,15H2;1-2H3. The zero-order chi connectivity index (χ0) is 13.7. The maximum atomic E-state index is 5.67. The van der Waals surface area contributed by atoms with Crippen LogP contribution >= 0.6 is 0 Å². The van der Waals surface area contributed by atoms with Crippen LogP contribution in [0.1, 0.15) is 13.8 Å². The van der Waals surface area contributed by atoms with Crippen LogP contribution < -0.4 is 15.2 Å². The molecule has 19 heavy (non-hydrogen) atoms. The van der Waals surface area contributed by atoms with Crippen LogP contribution in [0.25, 0.3) is 11.1 Å². The van der Waals surface area contributed by atoms with Crippen molar-refractivity contribution < 1.29 is 9.47 Å². The number of rotatable bonds is 1. The van der Waals surface area contributed by atoms with Gasteiger partial charge in [-0.2, -0.15) is 0 Å². The Kier molecular flexibility index (Phi) is 4.29. The van der Waals surface area contributed by atoms with Crippen molar-refractivity contribution in [2.75, 3.05) is 18.9 Å². The fourth-order valence-corrected chi connectivity index (χ4v) is 1.90. The number of hydrogen-bond acceptors (Lipinski definition) is 3. The van der Waals surface area contributed by atoms with Crippen molar-refractivity contribution in [3.05, 3.63) is 42.5 Å². The highest BCUT2D eigenvalue weighted by atomic mass is 16.6. The van der Waals surface area contributed by atoms with E-state index in [0.29, 0.717) is 13.2 Å². The molecule has 0 spiro atoms. The molecule has 0 bridgehead atoms. The van der Waals surface area contributed by atoms with E-state index in [1.807, 2.05) is 56.3 Å². The smallest absolute Gasteiger partial charge is 0.161 e. The summed E-state index contributed by atoms with van der Waals surface area (Å²) in [4.78, 5) is 0. The minimum Gasteiger partial charge on any atom is -0.486 e. The van der Waals surface area contributed by atoms with Gasteiger partial charge >= 0.3 is 0 Å². The Morgan fingerprint density at radius 3 is 2.05 bits per heavy atom. The SMILES string of the molecule is CC.Nc1ccc(-c2ccc3c(c2)OCCO3)cc1. The molecule has 2 aromatic carbocycles. The van der Waals surface area contributed by atoms with Crippen molar-refractivity contribution in [3.8, 4) is 22.6 Å². The van der Waals surface area contributed by atoms with Crippen LogP contribution in [0.4, 0.5) is 5.69 Å². The third-order valence-corrected chi connectivity index (χ3v) is 2.79. The highest BCUT2D eigenvalue weighted by molar-refractivity contribution is 5.68. The normalized spacial score (nSPS) is 12.3. The van der Waals surface area contributed by atoms with Crippen LogP contribution in [0.3, 0.4) is 0 Å². The summed E-state index contributed by atoms with van der Waals surface area (Å²) in [5, 5.41) is 0. The molecule has 1 aliphatic rings. The van der Waals surface area contributed by atoms with Crippen molar-refractivity contribution in [1.29, 1.82) is 0 Å². The third kappa shape index (κ3) is 2.99. The molecule has 0 radical (unpaired) electrons. The quantitative estimate of drug-likeness (QED) is 0.792. The number of benzene rings is 2. The van der Waals surface area contributed by atoms with Gasteiger partial charge in [0.15, 0.2) is 11.5 Å². The van der Waals surface area contributed by atoms with E-state index in [2.05, 4.69) is 0 Å². The number of ether oxygens (including phenoxy) is 2. The molecule has 2 aromatic rings. The lowest BCUT2D eigenvalue weighted by molar-refractivity contribution is 0.171. The van der Waals surface area contributed by atoms with E-state index in [4.69, 9.17) is 15.2 Å². The lowest BCUT2D eigenvalue weighted by Crippen LogP contribution is -2.15. The van der Waals surface area contributed by atoms with Crippen LogP contribution in [-0.2, 0) is 0 Å². The number of anilines is 1. The maximum Gasteiger partial charge on any atom is 0.161 e. The van der Waals surface area contributed by atoms with E-state index in [0.717, 1.165) is 28.3 Å². The summed E-state index contributed by atoms with van der Waals surface area (Å²) >= 11 is 0. The van der Waals surface area contributed by atoms with Crippen molar-refractivity contribution in [2.45, 2.75) is 13.8 Å². The van der Waals surface area contributed by atoms with Gasteiger partial charge in [0.1, 0.15) is 13.2 Å². The zero-order valence-corrected chi connectivity index (χ0v) is 11.3. The van der Waals surface area contributed by atoms with Gasteiger partial charge in [0.05, 0.1) is 0 Å². The molecule has 0 amide bonds. The Morgan fingerprint density at radius 2 is 1.37 bits per heavy atom. The molecular formula is C16H19NO2. The maximum absolute atomic E-state index is 5.67. The average Bonchev–Trinajstić information content (AvgIpc) is 2.49. The van der Waals surface area contributed by atoms with Crippen molar-refractivity contribution in [1.82, 2.24) is 0 Å². The second kappa shape index (κ2) is 6.14. The Bertz CT molecular complexity index is 535. The number of nitrogen functional groups attached to an aromatic ring is 1. The molecule has 100 valence electrons. The minimum atomic E-state index is 0.609. The lowest BCUT2D eigenvalue weighted by atomic mass is 10.0. The fraction of sp³-hybridized carbons (Fsp3) is 0.250. The topological polar surface area (TPSA) is 44.5 Å². The van der Waals surface area contributed by atoms with Gasteiger partial charge in [0, 0.05) is 5.69 Å². The van der Waals surface area contributed by atoms with Gasteiger partial charge in [-0.25, -0.2) is 0 Å². The molecule has 0 fully saturated rings. The Labute approximate surface area is 114 Å². The molecule has 3 nitrogen and oxygen atoms in total. The first-order valence-corrected chi connectivity index (χ1v) is 6.58. The Morgan fingerprint density at radius 1 is 0.789 bits per heavy atom. The highest BCUT2D eigenvalue weighted by Gasteiger charge is 2.12. The highest BCUT2D eigenvalue weighted by Crippen LogP contribution is 2.34. The van der Waals surface area contributed by atoms with E-state index in [-0.39, 0.29) is 0 Å². The first-order valence-electron chi connectivity index (χ1n) is 6.58. The predicted molar refractivity (Wildman–Crippen MR) is 78.6 cm³/mol. The fourth-order valence-electron chi connectivity index (χ4n) is 1.90. The van der Waals surface area contributed by atoms with Gasteiger partial charge in [-0.1, -0.05) is 32.0 Å². The summed E-state index contributed by atoms with van der Waals surface area (Å²) in [5.41, 5.74) is 8.67. The Balaban J connectivity index is 0.000000637. The largest absolute Gasteiger partial charge is 0.486 e. The second-order valence-electron chi connectivity index (χ2n) is 3.98. The van der Waals surface area contributed by atoms with Crippen LogP contribution in [0.5, 0.6) is 11.5 Å². The minimum absolute atomic E-state index is 0.609. The van der Waals surface area contributed by atoms with E-state index < -0.39 is 0 Å². The van der Waals surface area contributed by atoms with Gasteiger partial charge in [0.2, 0.25) is 0 Å². The van der Waals surface area contributed by atoms with Gasteiger partial charge in [-0.15, -0.1) is 0 Å². The monoisotopic (exact) mass is 257 g/mol. The number of fused-ring (bicyclic) bond motifs is 1. The van der Waals surface area contributed by atoms with Crippen LogP contribution in [0, 0.1) is 0 Å². The second-order valence-corrected chi connectivity index (χ2v) is 3.98. The summed E-state index contributed by atoms with van der Waals surface area (Å²) < 4.78 is 11.0. The van der Waals surface area contributed by atoms with Crippen molar-refractivity contribution in [3.63, 3.8) is 0 Å². The average molecular weight is 257 g/mol. The molecular weight excluding hydrogens is 238 g/mol. The molecule has 3 rings (SSSR count). The molecule has 0 saturated heterocycles. The zero-order valence-electron chi connectivity index (χ0n) is 11.3. The van der Waals surface area contributed by atoms with Crippen molar-refractivity contribution >= 4 is 5.69 Å². The molecule has 0 unspecified atom stereocenters.